The van der Waals surface area contributed by atoms with Crippen LogP contribution in [-0.2, 0) is 14.3 Å². The van der Waals surface area contributed by atoms with Crippen LogP contribution in [0.3, 0.4) is 0 Å². The molecule has 15 heavy (non-hydrogen) atoms. The van der Waals surface area contributed by atoms with Crippen molar-refractivity contribution in [1.29, 1.82) is 0 Å². The van der Waals surface area contributed by atoms with E-state index in [2.05, 4.69) is 0 Å². The van der Waals surface area contributed by atoms with E-state index in [1.54, 1.807) is 0 Å². The summed E-state index contributed by atoms with van der Waals surface area (Å²) in [4.78, 5) is 11.4. The largest absolute Gasteiger partial charge is 0.348 e. The highest BCUT2D eigenvalue weighted by Gasteiger charge is 2.50. The summed E-state index contributed by atoms with van der Waals surface area (Å²) in [6, 6.07) is 0. The molecule has 3 fully saturated rings. The average molecular weight is 210 g/mol. The van der Waals surface area contributed by atoms with Crippen LogP contribution in [0.5, 0.6) is 0 Å². The van der Waals surface area contributed by atoms with E-state index in [0.29, 0.717) is 5.78 Å². The minimum atomic E-state index is -0.317. The van der Waals surface area contributed by atoms with Gasteiger partial charge in [-0.15, -0.1) is 0 Å². The second kappa shape index (κ2) is 3.29. The van der Waals surface area contributed by atoms with Crippen molar-refractivity contribution in [3.63, 3.8) is 0 Å². The molecule has 1 heterocycles. The molecule has 2 saturated carbocycles. The number of Topliss-reactive ketones (excluding diaryl/α,β-unsaturated/α-hetero) is 1. The Morgan fingerprint density at radius 1 is 1.07 bits per heavy atom. The lowest BCUT2D eigenvalue weighted by Crippen LogP contribution is -2.41. The summed E-state index contributed by atoms with van der Waals surface area (Å²) in [7, 11) is 0. The molecule has 0 aromatic carbocycles. The highest BCUT2D eigenvalue weighted by molar-refractivity contribution is 5.81. The number of hydrogen-bond donors (Lipinski definition) is 0. The monoisotopic (exact) mass is 210 g/mol. The zero-order valence-electron chi connectivity index (χ0n) is 9.09. The molecule has 0 unspecified atom stereocenters. The van der Waals surface area contributed by atoms with Crippen molar-refractivity contribution in [3.05, 3.63) is 0 Å². The SMILES string of the molecule is O=C1CC[C@@]2(CCCC3(C2)OCCO3)C1. The Balaban J connectivity index is 1.78. The van der Waals surface area contributed by atoms with Crippen molar-refractivity contribution >= 4 is 5.78 Å². The molecule has 0 aromatic rings. The Labute approximate surface area is 90.1 Å². The summed E-state index contributed by atoms with van der Waals surface area (Å²) in [5.74, 6) is 0.119. The van der Waals surface area contributed by atoms with Gasteiger partial charge in [0.1, 0.15) is 5.78 Å². The third kappa shape index (κ3) is 1.62. The number of carbonyl (C=O) groups is 1. The number of ketones is 1. The van der Waals surface area contributed by atoms with Crippen molar-refractivity contribution in [2.45, 2.75) is 50.7 Å². The Morgan fingerprint density at radius 2 is 1.87 bits per heavy atom. The topological polar surface area (TPSA) is 35.5 Å². The van der Waals surface area contributed by atoms with Crippen LogP contribution in [0.25, 0.3) is 0 Å². The fraction of sp³-hybridized carbons (Fsp3) is 0.917. The lowest BCUT2D eigenvalue weighted by Gasteiger charge is -2.42. The lowest BCUT2D eigenvalue weighted by atomic mass is 9.70. The molecule has 3 heteroatoms. The van der Waals surface area contributed by atoms with Gasteiger partial charge >= 0.3 is 0 Å². The zero-order chi connectivity index (χ0) is 10.4. The van der Waals surface area contributed by atoms with Gasteiger partial charge in [-0.25, -0.2) is 0 Å². The molecule has 0 bridgehead atoms. The van der Waals surface area contributed by atoms with Crippen LogP contribution in [0.2, 0.25) is 0 Å². The maximum atomic E-state index is 11.4. The minimum Gasteiger partial charge on any atom is -0.348 e. The Morgan fingerprint density at radius 3 is 2.53 bits per heavy atom. The molecule has 2 aliphatic carbocycles. The molecule has 3 rings (SSSR count). The van der Waals surface area contributed by atoms with Crippen molar-refractivity contribution < 1.29 is 14.3 Å². The molecular formula is C12H18O3. The fourth-order valence-electron chi connectivity index (χ4n) is 3.59. The van der Waals surface area contributed by atoms with Gasteiger partial charge in [-0.1, -0.05) is 0 Å². The molecule has 3 aliphatic rings. The van der Waals surface area contributed by atoms with Crippen molar-refractivity contribution in [1.82, 2.24) is 0 Å². The van der Waals surface area contributed by atoms with Crippen molar-refractivity contribution in [2.75, 3.05) is 13.2 Å². The first-order valence-electron chi connectivity index (χ1n) is 6.02. The summed E-state index contributed by atoms with van der Waals surface area (Å²) in [6.07, 6.45) is 6.90. The van der Waals surface area contributed by atoms with Gasteiger partial charge in [-0.2, -0.15) is 0 Å². The second-order valence-electron chi connectivity index (χ2n) is 5.35. The molecule has 0 radical (unpaired) electrons. The van der Waals surface area contributed by atoms with E-state index >= 15 is 0 Å². The molecular weight excluding hydrogens is 192 g/mol. The smallest absolute Gasteiger partial charge is 0.169 e. The summed E-state index contributed by atoms with van der Waals surface area (Å²) >= 11 is 0. The predicted octanol–water partition coefficient (Wildman–Crippen LogP) is 2.04. The number of rotatable bonds is 0. The van der Waals surface area contributed by atoms with Crippen LogP contribution < -0.4 is 0 Å². The lowest BCUT2D eigenvalue weighted by molar-refractivity contribution is -0.201. The van der Waals surface area contributed by atoms with Gasteiger partial charge in [0.25, 0.3) is 0 Å². The third-order valence-corrected chi connectivity index (χ3v) is 4.23. The van der Waals surface area contributed by atoms with Crippen LogP contribution >= 0.6 is 0 Å². The molecule has 1 atom stereocenters. The number of carbonyl (C=O) groups excluding carboxylic acids is 1. The highest BCUT2D eigenvalue weighted by atomic mass is 16.7. The molecule has 84 valence electrons. The van der Waals surface area contributed by atoms with E-state index in [9.17, 15) is 4.79 Å². The molecule has 2 spiro atoms. The fourth-order valence-corrected chi connectivity index (χ4v) is 3.59. The molecule has 0 aromatic heterocycles. The summed E-state index contributed by atoms with van der Waals surface area (Å²) < 4.78 is 11.5. The van der Waals surface area contributed by atoms with E-state index in [1.807, 2.05) is 0 Å². The van der Waals surface area contributed by atoms with Gasteiger partial charge in [0.2, 0.25) is 0 Å². The van der Waals surface area contributed by atoms with Crippen molar-refractivity contribution in [3.8, 4) is 0 Å². The maximum Gasteiger partial charge on any atom is 0.169 e. The van der Waals surface area contributed by atoms with Crippen LogP contribution in [0.15, 0.2) is 0 Å². The average Bonchev–Trinajstić information content (AvgIpc) is 2.76. The molecule has 0 N–H and O–H groups in total. The highest BCUT2D eigenvalue weighted by Crippen LogP contribution is 2.52. The second-order valence-corrected chi connectivity index (χ2v) is 5.35. The van der Waals surface area contributed by atoms with E-state index in [-0.39, 0.29) is 11.2 Å². The minimum absolute atomic E-state index is 0.222. The number of hydrogen-bond acceptors (Lipinski definition) is 3. The van der Waals surface area contributed by atoms with Crippen molar-refractivity contribution in [2.24, 2.45) is 5.41 Å². The standard InChI is InChI=1S/C12H18O3/c13-10-2-5-11(8-10)3-1-4-12(9-11)14-6-7-15-12/h1-9H2/t11-/m0/s1. The third-order valence-electron chi connectivity index (χ3n) is 4.23. The van der Waals surface area contributed by atoms with E-state index in [4.69, 9.17) is 9.47 Å². The summed E-state index contributed by atoms with van der Waals surface area (Å²) in [5.41, 5.74) is 0.222. The molecule has 1 aliphatic heterocycles. The molecule has 3 nitrogen and oxygen atoms in total. The molecule has 0 amide bonds. The van der Waals surface area contributed by atoms with E-state index in [0.717, 1.165) is 51.7 Å². The van der Waals surface area contributed by atoms with Gasteiger partial charge in [-0.3, -0.25) is 4.79 Å². The summed E-state index contributed by atoms with van der Waals surface area (Å²) in [5, 5.41) is 0. The van der Waals surface area contributed by atoms with Gasteiger partial charge in [0.15, 0.2) is 5.79 Å². The number of ether oxygens (including phenoxy) is 2. The van der Waals surface area contributed by atoms with Crippen LogP contribution in [0.1, 0.15) is 44.9 Å². The Kier molecular flexibility index (Phi) is 2.15. The van der Waals surface area contributed by atoms with E-state index < -0.39 is 0 Å². The quantitative estimate of drug-likeness (QED) is 0.613. The zero-order valence-corrected chi connectivity index (χ0v) is 9.09. The predicted molar refractivity (Wildman–Crippen MR) is 54.4 cm³/mol. The van der Waals surface area contributed by atoms with Gasteiger partial charge < -0.3 is 9.47 Å². The Hall–Kier alpha value is -0.410. The van der Waals surface area contributed by atoms with Crippen LogP contribution in [0.4, 0.5) is 0 Å². The summed E-state index contributed by atoms with van der Waals surface area (Å²) in [6.45, 7) is 1.45. The normalized spacial score (nSPS) is 39.3. The first-order valence-corrected chi connectivity index (χ1v) is 6.02. The van der Waals surface area contributed by atoms with Gasteiger partial charge in [0, 0.05) is 25.7 Å². The van der Waals surface area contributed by atoms with Gasteiger partial charge in [0.05, 0.1) is 13.2 Å². The van der Waals surface area contributed by atoms with Crippen LogP contribution in [0, 0.1) is 5.41 Å². The Bertz CT molecular complexity index is 281. The first kappa shape index (κ1) is 9.79. The first-order chi connectivity index (χ1) is 7.22. The van der Waals surface area contributed by atoms with Crippen LogP contribution in [-0.4, -0.2) is 24.8 Å². The van der Waals surface area contributed by atoms with Gasteiger partial charge in [-0.05, 0) is 24.7 Å². The molecule has 1 saturated heterocycles. The maximum absolute atomic E-state index is 11.4. The van der Waals surface area contributed by atoms with E-state index in [1.165, 1.54) is 6.42 Å².